The summed E-state index contributed by atoms with van der Waals surface area (Å²) in [5.74, 6) is -3.24. The summed E-state index contributed by atoms with van der Waals surface area (Å²) in [4.78, 5) is 36.3. The fourth-order valence-electron chi connectivity index (χ4n) is 2.76. The molecule has 2 amide bonds. The molecule has 2 atom stereocenters. The molecule has 134 valence electrons. The standard InChI is InChI=1S/C18H21ClN2O4/c1-10(2)20-17(23)14-8-7-11(19)9-15(14)21-16(22)12-5-3-4-6-13(12)18(24)25/h3-4,7-10,12-13H,5-6H2,1-2H3,(H,20,23)(H,21,22)(H,24,25)/t12-,13+/m0/s1. The third-order valence-corrected chi connectivity index (χ3v) is 4.23. The number of amides is 2. The van der Waals surface area contributed by atoms with Crippen LogP contribution in [-0.2, 0) is 9.59 Å². The number of anilines is 1. The SMILES string of the molecule is CC(C)NC(=O)c1ccc(Cl)cc1NC(=O)[C@H]1CC=CC[C@H]1C(=O)O. The van der Waals surface area contributed by atoms with Crippen LogP contribution in [0.4, 0.5) is 5.69 Å². The smallest absolute Gasteiger partial charge is 0.307 e. The molecule has 0 heterocycles. The maximum atomic E-state index is 12.6. The fourth-order valence-corrected chi connectivity index (χ4v) is 2.93. The van der Waals surface area contributed by atoms with Crippen LogP contribution in [0.5, 0.6) is 0 Å². The molecule has 1 aliphatic rings. The highest BCUT2D eigenvalue weighted by molar-refractivity contribution is 6.31. The summed E-state index contributed by atoms with van der Waals surface area (Å²) in [7, 11) is 0. The molecule has 1 aliphatic carbocycles. The van der Waals surface area contributed by atoms with Crippen LogP contribution in [0.2, 0.25) is 5.02 Å². The van der Waals surface area contributed by atoms with Crippen molar-refractivity contribution >= 4 is 35.1 Å². The first-order valence-electron chi connectivity index (χ1n) is 8.08. The van der Waals surface area contributed by atoms with Crippen LogP contribution >= 0.6 is 11.6 Å². The van der Waals surface area contributed by atoms with Crippen LogP contribution in [-0.4, -0.2) is 28.9 Å². The Bertz CT molecular complexity index is 715. The highest BCUT2D eigenvalue weighted by Crippen LogP contribution is 2.29. The lowest BCUT2D eigenvalue weighted by atomic mass is 9.82. The van der Waals surface area contributed by atoms with Crippen LogP contribution in [0.15, 0.2) is 30.4 Å². The molecular weight excluding hydrogens is 344 g/mol. The van der Waals surface area contributed by atoms with Crippen molar-refractivity contribution in [1.82, 2.24) is 5.32 Å². The third-order valence-electron chi connectivity index (χ3n) is 3.99. The van der Waals surface area contributed by atoms with E-state index in [-0.39, 0.29) is 23.2 Å². The monoisotopic (exact) mass is 364 g/mol. The molecule has 0 bridgehead atoms. The van der Waals surface area contributed by atoms with Crippen molar-refractivity contribution < 1.29 is 19.5 Å². The Morgan fingerprint density at radius 3 is 2.40 bits per heavy atom. The number of aliphatic carboxylic acids is 1. The Hall–Kier alpha value is -2.34. The van der Waals surface area contributed by atoms with E-state index in [9.17, 15) is 19.5 Å². The molecule has 0 saturated carbocycles. The second-order valence-corrected chi connectivity index (χ2v) is 6.74. The molecule has 7 heteroatoms. The van der Waals surface area contributed by atoms with E-state index in [0.29, 0.717) is 17.9 Å². The number of hydrogen-bond donors (Lipinski definition) is 3. The van der Waals surface area contributed by atoms with Gasteiger partial charge in [0.05, 0.1) is 23.1 Å². The van der Waals surface area contributed by atoms with Gasteiger partial charge in [-0.3, -0.25) is 14.4 Å². The predicted octanol–water partition coefficient (Wildman–Crippen LogP) is 3.08. The summed E-state index contributed by atoms with van der Waals surface area (Å²) in [5, 5.41) is 15.1. The molecule has 1 aromatic carbocycles. The van der Waals surface area contributed by atoms with Crippen LogP contribution in [0, 0.1) is 11.8 Å². The topological polar surface area (TPSA) is 95.5 Å². The molecule has 1 aromatic rings. The molecule has 0 aromatic heterocycles. The summed E-state index contributed by atoms with van der Waals surface area (Å²) >= 11 is 5.99. The number of carboxylic acids is 1. The van der Waals surface area contributed by atoms with E-state index < -0.39 is 23.7 Å². The summed E-state index contributed by atoms with van der Waals surface area (Å²) in [6.07, 6.45) is 4.22. The Balaban J connectivity index is 2.25. The van der Waals surface area contributed by atoms with E-state index in [0.717, 1.165) is 0 Å². The summed E-state index contributed by atoms with van der Waals surface area (Å²) < 4.78 is 0. The zero-order valence-electron chi connectivity index (χ0n) is 14.1. The second kappa shape index (κ2) is 8.16. The minimum absolute atomic E-state index is 0.0633. The van der Waals surface area contributed by atoms with E-state index in [1.165, 1.54) is 12.1 Å². The number of rotatable bonds is 5. The lowest BCUT2D eigenvalue weighted by Gasteiger charge is -2.24. The minimum Gasteiger partial charge on any atom is -0.481 e. The van der Waals surface area contributed by atoms with Crippen molar-refractivity contribution in [1.29, 1.82) is 0 Å². The zero-order chi connectivity index (χ0) is 18.6. The van der Waals surface area contributed by atoms with E-state index >= 15 is 0 Å². The van der Waals surface area contributed by atoms with Gasteiger partial charge in [0.25, 0.3) is 5.91 Å². The van der Waals surface area contributed by atoms with Gasteiger partial charge in [0.15, 0.2) is 0 Å². The van der Waals surface area contributed by atoms with Crippen LogP contribution in [0.1, 0.15) is 37.0 Å². The van der Waals surface area contributed by atoms with Gasteiger partial charge >= 0.3 is 5.97 Å². The van der Waals surface area contributed by atoms with Gasteiger partial charge in [-0.25, -0.2) is 0 Å². The normalized spacial score (nSPS) is 19.5. The number of allylic oxidation sites excluding steroid dienone is 2. The molecule has 0 aliphatic heterocycles. The molecule has 0 radical (unpaired) electrons. The first-order chi connectivity index (χ1) is 11.8. The fraction of sp³-hybridized carbons (Fsp3) is 0.389. The van der Waals surface area contributed by atoms with E-state index in [4.69, 9.17) is 11.6 Å². The molecular formula is C18H21ClN2O4. The number of benzene rings is 1. The van der Waals surface area contributed by atoms with E-state index in [1.54, 1.807) is 18.2 Å². The number of carbonyl (C=O) groups excluding carboxylic acids is 2. The van der Waals surface area contributed by atoms with Crippen LogP contribution in [0.25, 0.3) is 0 Å². The van der Waals surface area contributed by atoms with Gasteiger partial charge in [0.2, 0.25) is 5.91 Å². The molecule has 0 spiro atoms. The van der Waals surface area contributed by atoms with Crippen molar-refractivity contribution in [2.75, 3.05) is 5.32 Å². The van der Waals surface area contributed by atoms with Crippen molar-refractivity contribution in [3.05, 3.63) is 40.9 Å². The molecule has 0 unspecified atom stereocenters. The maximum absolute atomic E-state index is 12.6. The quantitative estimate of drug-likeness (QED) is 0.699. The summed E-state index contributed by atoms with van der Waals surface area (Å²) in [6.45, 7) is 3.66. The highest BCUT2D eigenvalue weighted by Gasteiger charge is 2.34. The van der Waals surface area contributed by atoms with Gasteiger partial charge in [-0.2, -0.15) is 0 Å². The van der Waals surface area contributed by atoms with Gasteiger partial charge in [-0.05, 0) is 44.9 Å². The van der Waals surface area contributed by atoms with E-state index in [2.05, 4.69) is 10.6 Å². The largest absolute Gasteiger partial charge is 0.481 e. The van der Waals surface area contributed by atoms with Crippen molar-refractivity contribution in [2.45, 2.75) is 32.7 Å². The molecule has 3 N–H and O–H groups in total. The maximum Gasteiger partial charge on any atom is 0.307 e. The van der Waals surface area contributed by atoms with Crippen LogP contribution in [0.3, 0.4) is 0 Å². The van der Waals surface area contributed by atoms with Crippen LogP contribution < -0.4 is 10.6 Å². The summed E-state index contributed by atoms with van der Waals surface area (Å²) in [5.41, 5.74) is 0.555. The Morgan fingerprint density at radius 2 is 1.80 bits per heavy atom. The molecule has 0 saturated heterocycles. The Morgan fingerprint density at radius 1 is 1.16 bits per heavy atom. The van der Waals surface area contributed by atoms with Gasteiger partial charge in [-0.15, -0.1) is 0 Å². The third kappa shape index (κ3) is 4.82. The van der Waals surface area contributed by atoms with Crippen molar-refractivity contribution in [3.63, 3.8) is 0 Å². The number of hydrogen-bond acceptors (Lipinski definition) is 3. The second-order valence-electron chi connectivity index (χ2n) is 6.30. The van der Waals surface area contributed by atoms with Gasteiger partial charge in [0, 0.05) is 11.1 Å². The number of nitrogens with one attached hydrogen (secondary N) is 2. The summed E-state index contributed by atoms with van der Waals surface area (Å²) in [6, 6.07) is 4.52. The molecule has 25 heavy (non-hydrogen) atoms. The average Bonchev–Trinajstić information content (AvgIpc) is 2.54. The number of carboxylic acid groups (broad SMARTS) is 1. The van der Waals surface area contributed by atoms with Gasteiger partial charge in [-0.1, -0.05) is 23.8 Å². The predicted molar refractivity (Wildman–Crippen MR) is 95.7 cm³/mol. The lowest BCUT2D eigenvalue weighted by molar-refractivity contribution is -0.146. The first-order valence-corrected chi connectivity index (χ1v) is 8.46. The van der Waals surface area contributed by atoms with Crippen molar-refractivity contribution in [2.24, 2.45) is 11.8 Å². The number of carbonyl (C=O) groups is 3. The molecule has 2 rings (SSSR count). The molecule has 0 fully saturated rings. The van der Waals surface area contributed by atoms with Crippen molar-refractivity contribution in [3.8, 4) is 0 Å². The number of halogens is 1. The first kappa shape index (κ1) is 19.0. The minimum atomic E-state index is -1.01. The average molecular weight is 365 g/mol. The Kier molecular flexibility index (Phi) is 6.20. The van der Waals surface area contributed by atoms with E-state index in [1.807, 2.05) is 13.8 Å². The molecule has 6 nitrogen and oxygen atoms in total. The highest BCUT2D eigenvalue weighted by atomic mass is 35.5. The Labute approximate surface area is 151 Å². The zero-order valence-corrected chi connectivity index (χ0v) is 14.8. The van der Waals surface area contributed by atoms with Gasteiger partial charge in [0.1, 0.15) is 0 Å². The lowest BCUT2D eigenvalue weighted by Crippen LogP contribution is -2.36. The van der Waals surface area contributed by atoms with Gasteiger partial charge < -0.3 is 15.7 Å².